The SMILES string of the molecule is CCC(=O)Oc1cc(C)c2c(c1)O/C(=C\c1ccc(C)o1)C2=O. The van der Waals surface area contributed by atoms with Crippen molar-refractivity contribution in [2.75, 3.05) is 0 Å². The van der Waals surface area contributed by atoms with Crippen LogP contribution in [0.15, 0.2) is 34.4 Å². The number of aryl methyl sites for hydroxylation is 2. The lowest BCUT2D eigenvalue weighted by molar-refractivity contribution is -0.134. The van der Waals surface area contributed by atoms with Crippen LogP contribution in [0.25, 0.3) is 6.08 Å². The van der Waals surface area contributed by atoms with E-state index in [1.807, 2.05) is 13.0 Å². The fourth-order valence-corrected chi connectivity index (χ4v) is 2.40. The third-order valence-electron chi connectivity index (χ3n) is 3.50. The maximum atomic E-state index is 12.5. The van der Waals surface area contributed by atoms with Gasteiger partial charge in [-0.2, -0.15) is 0 Å². The van der Waals surface area contributed by atoms with Gasteiger partial charge in [-0.3, -0.25) is 9.59 Å². The highest BCUT2D eigenvalue weighted by molar-refractivity contribution is 6.15. The van der Waals surface area contributed by atoms with Crippen LogP contribution in [0.5, 0.6) is 11.5 Å². The number of carbonyl (C=O) groups is 2. The average Bonchev–Trinajstić information content (AvgIpc) is 3.03. The normalized spacial score (nSPS) is 14.7. The number of hydrogen-bond acceptors (Lipinski definition) is 5. The number of allylic oxidation sites excluding steroid dienone is 1. The standard InChI is InChI=1S/C18H16O5/c1-4-16(19)22-13-7-10(2)17-14(9-13)23-15(18(17)20)8-12-6-5-11(3)21-12/h5-9H,4H2,1-3H3/b15-8-. The maximum Gasteiger partial charge on any atom is 0.310 e. The zero-order chi connectivity index (χ0) is 16.6. The van der Waals surface area contributed by atoms with Gasteiger partial charge in [-0.1, -0.05) is 6.92 Å². The second kappa shape index (κ2) is 5.76. The van der Waals surface area contributed by atoms with E-state index in [9.17, 15) is 9.59 Å². The smallest absolute Gasteiger partial charge is 0.310 e. The van der Waals surface area contributed by atoms with Crippen LogP contribution in [0.3, 0.4) is 0 Å². The molecule has 2 heterocycles. The molecule has 0 atom stereocenters. The highest BCUT2D eigenvalue weighted by atomic mass is 16.5. The Hall–Kier alpha value is -2.82. The molecule has 0 aliphatic carbocycles. The third kappa shape index (κ3) is 2.90. The van der Waals surface area contributed by atoms with Crippen molar-refractivity contribution in [2.24, 2.45) is 0 Å². The van der Waals surface area contributed by atoms with Crippen LogP contribution in [0.1, 0.15) is 40.8 Å². The number of rotatable bonds is 3. The Morgan fingerprint density at radius 1 is 1.26 bits per heavy atom. The molecular weight excluding hydrogens is 296 g/mol. The molecule has 0 fully saturated rings. The largest absolute Gasteiger partial charge is 0.462 e. The molecule has 0 spiro atoms. The number of benzene rings is 1. The van der Waals surface area contributed by atoms with Gasteiger partial charge >= 0.3 is 5.97 Å². The van der Waals surface area contributed by atoms with Crippen LogP contribution < -0.4 is 9.47 Å². The van der Waals surface area contributed by atoms with Gasteiger partial charge in [0.2, 0.25) is 5.78 Å². The Bertz CT molecular complexity index is 826. The van der Waals surface area contributed by atoms with Gasteiger partial charge in [-0.15, -0.1) is 0 Å². The minimum atomic E-state index is -0.338. The van der Waals surface area contributed by atoms with Crippen LogP contribution >= 0.6 is 0 Å². The average molecular weight is 312 g/mol. The minimum absolute atomic E-state index is 0.191. The summed E-state index contributed by atoms with van der Waals surface area (Å²) in [6.45, 7) is 5.32. The fourth-order valence-electron chi connectivity index (χ4n) is 2.40. The third-order valence-corrected chi connectivity index (χ3v) is 3.50. The summed E-state index contributed by atoms with van der Waals surface area (Å²) in [4.78, 5) is 23.9. The molecule has 1 aliphatic heterocycles. The molecule has 1 aliphatic rings. The molecule has 1 aromatic carbocycles. The first kappa shape index (κ1) is 15.1. The topological polar surface area (TPSA) is 65.7 Å². The summed E-state index contributed by atoms with van der Waals surface area (Å²) >= 11 is 0. The van der Waals surface area contributed by atoms with Crippen molar-refractivity contribution in [3.8, 4) is 11.5 Å². The molecule has 3 rings (SSSR count). The van der Waals surface area contributed by atoms with Crippen molar-refractivity contribution >= 4 is 17.8 Å². The number of Topliss-reactive ketones (excluding diaryl/α,β-unsaturated/α-hetero) is 1. The maximum absolute atomic E-state index is 12.5. The molecule has 0 radical (unpaired) electrons. The number of ether oxygens (including phenoxy) is 2. The van der Waals surface area contributed by atoms with Crippen LogP contribution in [-0.2, 0) is 4.79 Å². The van der Waals surface area contributed by atoms with Crippen molar-refractivity contribution in [3.05, 3.63) is 52.7 Å². The van der Waals surface area contributed by atoms with Crippen molar-refractivity contribution in [2.45, 2.75) is 27.2 Å². The summed E-state index contributed by atoms with van der Waals surface area (Å²) in [5.41, 5.74) is 1.18. The summed E-state index contributed by atoms with van der Waals surface area (Å²) in [6, 6.07) is 6.80. The lowest BCUT2D eigenvalue weighted by Gasteiger charge is -2.06. The molecule has 23 heavy (non-hydrogen) atoms. The summed E-state index contributed by atoms with van der Waals surface area (Å²) in [5.74, 6) is 1.71. The van der Waals surface area contributed by atoms with Crippen LogP contribution in [-0.4, -0.2) is 11.8 Å². The Labute approximate surface area is 133 Å². The zero-order valence-electron chi connectivity index (χ0n) is 13.1. The Balaban J connectivity index is 1.94. The molecule has 1 aromatic heterocycles. The first-order valence-electron chi connectivity index (χ1n) is 7.34. The predicted octanol–water partition coefficient (Wildman–Crippen LogP) is 3.83. The van der Waals surface area contributed by atoms with Gasteiger partial charge in [0.15, 0.2) is 5.76 Å². The highest BCUT2D eigenvalue weighted by Gasteiger charge is 2.30. The zero-order valence-corrected chi connectivity index (χ0v) is 13.1. The van der Waals surface area contributed by atoms with Gasteiger partial charge in [0.25, 0.3) is 0 Å². The van der Waals surface area contributed by atoms with Gasteiger partial charge in [0, 0.05) is 18.6 Å². The first-order valence-corrected chi connectivity index (χ1v) is 7.34. The Morgan fingerprint density at radius 3 is 2.70 bits per heavy atom. The lowest BCUT2D eigenvalue weighted by atomic mass is 10.0. The second-order valence-corrected chi connectivity index (χ2v) is 5.33. The van der Waals surface area contributed by atoms with Crippen molar-refractivity contribution in [3.63, 3.8) is 0 Å². The number of hydrogen-bond donors (Lipinski definition) is 0. The molecular formula is C18H16O5. The van der Waals surface area contributed by atoms with E-state index >= 15 is 0 Å². The second-order valence-electron chi connectivity index (χ2n) is 5.33. The molecule has 118 valence electrons. The van der Waals surface area contributed by atoms with Crippen LogP contribution in [0.4, 0.5) is 0 Å². The molecule has 0 saturated heterocycles. The highest BCUT2D eigenvalue weighted by Crippen LogP contribution is 2.37. The number of esters is 1. The summed E-state index contributed by atoms with van der Waals surface area (Å²) in [5, 5.41) is 0. The van der Waals surface area contributed by atoms with E-state index in [1.54, 1.807) is 38.1 Å². The van der Waals surface area contributed by atoms with Gasteiger partial charge in [0.05, 0.1) is 5.56 Å². The summed E-state index contributed by atoms with van der Waals surface area (Å²) in [7, 11) is 0. The minimum Gasteiger partial charge on any atom is -0.462 e. The van der Waals surface area contributed by atoms with Gasteiger partial charge < -0.3 is 13.9 Å². The van der Waals surface area contributed by atoms with Gasteiger partial charge in [-0.05, 0) is 37.6 Å². The van der Waals surface area contributed by atoms with E-state index < -0.39 is 0 Å². The number of carbonyl (C=O) groups excluding carboxylic acids is 2. The molecule has 0 N–H and O–H groups in total. The Morgan fingerprint density at radius 2 is 2.04 bits per heavy atom. The molecule has 5 heteroatoms. The predicted molar refractivity (Wildman–Crippen MR) is 83.5 cm³/mol. The van der Waals surface area contributed by atoms with Crippen molar-refractivity contribution in [1.29, 1.82) is 0 Å². The van der Waals surface area contributed by atoms with E-state index in [2.05, 4.69) is 0 Å². The molecule has 2 aromatic rings. The molecule has 0 saturated carbocycles. The van der Waals surface area contributed by atoms with Crippen LogP contribution in [0, 0.1) is 13.8 Å². The first-order chi connectivity index (χ1) is 11.0. The number of furan rings is 1. The van der Waals surface area contributed by atoms with Crippen molar-refractivity contribution < 1.29 is 23.5 Å². The molecule has 0 bridgehead atoms. The van der Waals surface area contributed by atoms with E-state index in [0.29, 0.717) is 28.4 Å². The van der Waals surface area contributed by atoms with Crippen LogP contribution in [0.2, 0.25) is 0 Å². The Kier molecular flexibility index (Phi) is 3.78. The monoisotopic (exact) mass is 312 g/mol. The van der Waals surface area contributed by atoms with Gasteiger partial charge in [0.1, 0.15) is 23.0 Å². The number of ketones is 1. The molecule has 0 amide bonds. The fraction of sp³-hybridized carbons (Fsp3) is 0.222. The van der Waals surface area contributed by atoms with E-state index in [0.717, 1.165) is 5.76 Å². The van der Waals surface area contributed by atoms with E-state index in [-0.39, 0.29) is 23.9 Å². The lowest BCUT2D eigenvalue weighted by Crippen LogP contribution is -2.06. The quantitative estimate of drug-likeness (QED) is 0.489. The number of fused-ring (bicyclic) bond motifs is 1. The van der Waals surface area contributed by atoms with E-state index in [1.165, 1.54) is 0 Å². The van der Waals surface area contributed by atoms with E-state index in [4.69, 9.17) is 13.9 Å². The molecule has 0 unspecified atom stereocenters. The molecule has 5 nitrogen and oxygen atoms in total. The summed E-state index contributed by atoms with van der Waals surface area (Å²) < 4.78 is 16.3. The van der Waals surface area contributed by atoms with Gasteiger partial charge in [-0.25, -0.2) is 0 Å². The summed E-state index contributed by atoms with van der Waals surface area (Å²) in [6.07, 6.45) is 1.84. The van der Waals surface area contributed by atoms with Crippen molar-refractivity contribution in [1.82, 2.24) is 0 Å².